The molecule has 0 amide bonds. The van der Waals surface area contributed by atoms with Crippen molar-refractivity contribution in [1.29, 1.82) is 0 Å². The van der Waals surface area contributed by atoms with Crippen LogP contribution in [0.15, 0.2) is 24.3 Å². The average Bonchev–Trinajstić information content (AvgIpc) is 2.77. The van der Waals surface area contributed by atoms with E-state index in [2.05, 4.69) is 0 Å². The van der Waals surface area contributed by atoms with Gasteiger partial charge in [0.15, 0.2) is 29.3 Å². The van der Waals surface area contributed by atoms with E-state index in [9.17, 15) is 5.11 Å². The lowest BCUT2D eigenvalue weighted by Gasteiger charge is -2.26. The van der Waals surface area contributed by atoms with Gasteiger partial charge in [-0.2, -0.15) is 0 Å². The first kappa shape index (κ1) is 22.6. The lowest BCUT2D eigenvalue weighted by molar-refractivity contribution is -0.107. The average molecular weight is 408 g/mol. The van der Waals surface area contributed by atoms with Crippen molar-refractivity contribution in [2.75, 3.05) is 49.8 Å². The number of rotatable bonds is 10. The zero-order valence-electron chi connectivity index (χ0n) is 17.8. The lowest BCUT2D eigenvalue weighted by Crippen LogP contribution is -2.14. The van der Waals surface area contributed by atoms with Crippen molar-refractivity contribution in [3.63, 3.8) is 0 Å². The third kappa shape index (κ3) is 4.34. The fourth-order valence-electron chi connectivity index (χ4n) is 3.21. The van der Waals surface area contributed by atoms with E-state index >= 15 is 0 Å². The molecule has 0 aliphatic heterocycles. The summed E-state index contributed by atoms with van der Waals surface area (Å²) < 4.78 is 38.0. The van der Waals surface area contributed by atoms with Crippen LogP contribution in [-0.4, -0.2) is 54.9 Å². The molecular formula is C21H28O8. The molecule has 0 aliphatic rings. The first-order valence-electron chi connectivity index (χ1n) is 8.79. The molecule has 2 aromatic rings. The van der Waals surface area contributed by atoms with Gasteiger partial charge in [-0.3, -0.25) is 0 Å². The van der Waals surface area contributed by atoms with Crippen molar-refractivity contribution in [3.8, 4) is 28.7 Å². The summed E-state index contributed by atoms with van der Waals surface area (Å²) >= 11 is 0. The first-order chi connectivity index (χ1) is 14.0. The number of aliphatic hydroxyl groups excluding tert-OH is 1. The van der Waals surface area contributed by atoms with Gasteiger partial charge in [0.2, 0.25) is 5.75 Å². The summed E-state index contributed by atoms with van der Waals surface area (Å²) in [4.78, 5) is 0. The minimum Gasteiger partial charge on any atom is -0.493 e. The fourth-order valence-corrected chi connectivity index (χ4v) is 3.21. The summed E-state index contributed by atoms with van der Waals surface area (Å²) in [7, 11) is 10.6. The fraction of sp³-hybridized carbons (Fsp3) is 0.429. The number of methoxy groups -OCH3 is 7. The molecule has 2 aromatic carbocycles. The highest BCUT2D eigenvalue weighted by molar-refractivity contribution is 5.62. The summed E-state index contributed by atoms with van der Waals surface area (Å²) in [5.41, 5.74) is 1.51. The molecule has 0 radical (unpaired) electrons. The van der Waals surface area contributed by atoms with Crippen molar-refractivity contribution < 1.29 is 38.3 Å². The van der Waals surface area contributed by atoms with Crippen LogP contribution in [0.2, 0.25) is 0 Å². The summed E-state index contributed by atoms with van der Waals surface area (Å²) in [5, 5.41) is 11.3. The molecule has 160 valence electrons. The highest BCUT2D eigenvalue weighted by Crippen LogP contribution is 2.48. The number of benzene rings is 2. The molecule has 29 heavy (non-hydrogen) atoms. The smallest absolute Gasteiger partial charge is 0.203 e. The third-order valence-electron chi connectivity index (χ3n) is 4.58. The molecule has 0 saturated carbocycles. The maximum Gasteiger partial charge on any atom is 0.203 e. The maximum atomic E-state index is 11.3. The Kier molecular flexibility index (Phi) is 7.95. The predicted octanol–water partition coefficient (Wildman–Crippen LogP) is 3.10. The monoisotopic (exact) mass is 408 g/mol. The van der Waals surface area contributed by atoms with Crippen LogP contribution < -0.4 is 23.7 Å². The molecule has 1 atom stereocenters. The molecule has 0 spiro atoms. The Hall–Kier alpha value is -2.68. The van der Waals surface area contributed by atoms with E-state index in [-0.39, 0.29) is 0 Å². The number of hydrogen-bond acceptors (Lipinski definition) is 8. The molecular weight excluding hydrogens is 380 g/mol. The van der Waals surface area contributed by atoms with Crippen molar-refractivity contribution in [1.82, 2.24) is 0 Å². The minimum atomic E-state index is -1.10. The van der Waals surface area contributed by atoms with Crippen LogP contribution in [0.25, 0.3) is 0 Å². The molecule has 8 nitrogen and oxygen atoms in total. The number of ether oxygens (including phenoxy) is 7. The van der Waals surface area contributed by atoms with E-state index in [1.54, 1.807) is 31.4 Å². The van der Waals surface area contributed by atoms with Gasteiger partial charge in [-0.25, -0.2) is 0 Å². The van der Waals surface area contributed by atoms with Gasteiger partial charge in [0.25, 0.3) is 0 Å². The van der Waals surface area contributed by atoms with Gasteiger partial charge in [0.1, 0.15) is 6.10 Å². The summed E-state index contributed by atoms with van der Waals surface area (Å²) in [6, 6.07) is 6.84. The van der Waals surface area contributed by atoms with E-state index in [0.717, 1.165) is 0 Å². The van der Waals surface area contributed by atoms with Crippen LogP contribution in [0, 0.1) is 0 Å². The van der Waals surface area contributed by atoms with Gasteiger partial charge in [0, 0.05) is 25.3 Å². The topological polar surface area (TPSA) is 84.8 Å². The van der Waals surface area contributed by atoms with Gasteiger partial charge in [-0.15, -0.1) is 0 Å². The quantitative estimate of drug-likeness (QED) is 0.601. The molecule has 0 aliphatic carbocycles. The Morgan fingerprint density at radius 2 is 1.24 bits per heavy atom. The van der Waals surface area contributed by atoms with Crippen molar-refractivity contribution in [3.05, 3.63) is 41.0 Å². The van der Waals surface area contributed by atoms with E-state index in [4.69, 9.17) is 33.2 Å². The number of hydrogen-bond donors (Lipinski definition) is 1. The highest BCUT2D eigenvalue weighted by atomic mass is 16.7. The zero-order chi connectivity index (χ0) is 21.6. The Morgan fingerprint density at radius 3 is 1.72 bits per heavy atom. The Bertz CT molecular complexity index is 817. The van der Waals surface area contributed by atoms with E-state index < -0.39 is 12.4 Å². The van der Waals surface area contributed by atoms with E-state index in [0.29, 0.717) is 45.4 Å². The second kappa shape index (κ2) is 10.2. The Labute approximate surface area is 170 Å². The first-order valence-corrected chi connectivity index (χ1v) is 8.79. The third-order valence-corrected chi connectivity index (χ3v) is 4.58. The van der Waals surface area contributed by atoms with Gasteiger partial charge < -0.3 is 38.3 Å². The standard InChI is InChI=1S/C21H28O8/c1-23-14-9-8-12(10-15(14)24-2)18(22)17-13(21(28-6)29-7)11-16(25-3)19(26-4)20(17)27-5/h8-11,18,21-22H,1-7H3. The molecule has 0 heterocycles. The number of aliphatic hydroxyl groups is 1. The van der Waals surface area contributed by atoms with Crippen molar-refractivity contribution >= 4 is 0 Å². The summed E-state index contributed by atoms with van der Waals surface area (Å²) in [6.07, 6.45) is -1.87. The van der Waals surface area contributed by atoms with Crippen LogP contribution in [0.3, 0.4) is 0 Å². The molecule has 0 aromatic heterocycles. The van der Waals surface area contributed by atoms with Gasteiger partial charge >= 0.3 is 0 Å². The maximum absolute atomic E-state index is 11.3. The van der Waals surface area contributed by atoms with Crippen LogP contribution in [-0.2, 0) is 9.47 Å². The zero-order valence-corrected chi connectivity index (χ0v) is 17.8. The normalized spacial score (nSPS) is 11.9. The second-order valence-electron chi connectivity index (χ2n) is 5.97. The summed E-state index contributed by atoms with van der Waals surface area (Å²) in [6.45, 7) is 0. The highest BCUT2D eigenvalue weighted by Gasteiger charge is 2.30. The van der Waals surface area contributed by atoms with E-state index in [1.165, 1.54) is 42.7 Å². The minimum absolute atomic E-state index is 0.309. The van der Waals surface area contributed by atoms with Gasteiger partial charge in [0.05, 0.1) is 35.5 Å². The Balaban J connectivity index is 2.77. The van der Waals surface area contributed by atoms with Gasteiger partial charge in [-0.05, 0) is 23.8 Å². The summed E-state index contributed by atoms with van der Waals surface area (Å²) in [5.74, 6) is 2.11. The SMILES string of the molecule is COc1ccc(C(O)c2c(C(OC)OC)cc(OC)c(OC)c2OC)cc1OC. The Morgan fingerprint density at radius 1 is 0.655 bits per heavy atom. The lowest BCUT2D eigenvalue weighted by atomic mass is 9.94. The largest absolute Gasteiger partial charge is 0.493 e. The van der Waals surface area contributed by atoms with Gasteiger partial charge in [-0.1, -0.05) is 6.07 Å². The molecule has 1 unspecified atom stereocenters. The second-order valence-corrected chi connectivity index (χ2v) is 5.97. The molecule has 8 heteroatoms. The van der Waals surface area contributed by atoms with Crippen LogP contribution in [0.5, 0.6) is 28.7 Å². The molecule has 1 N–H and O–H groups in total. The molecule has 0 saturated heterocycles. The van der Waals surface area contributed by atoms with Crippen LogP contribution >= 0.6 is 0 Å². The molecule has 0 fully saturated rings. The van der Waals surface area contributed by atoms with Crippen molar-refractivity contribution in [2.45, 2.75) is 12.4 Å². The van der Waals surface area contributed by atoms with Crippen LogP contribution in [0.1, 0.15) is 29.1 Å². The van der Waals surface area contributed by atoms with E-state index in [1.807, 2.05) is 0 Å². The predicted molar refractivity (Wildman–Crippen MR) is 106 cm³/mol. The van der Waals surface area contributed by atoms with Crippen LogP contribution in [0.4, 0.5) is 0 Å². The van der Waals surface area contributed by atoms with Crippen molar-refractivity contribution in [2.24, 2.45) is 0 Å². The molecule has 2 rings (SSSR count). The molecule has 0 bridgehead atoms.